The Kier molecular flexibility index (Phi) is 7.06. The van der Waals surface area contributed by atoms with E-state index in [9.17, 15) is 9.59 Å². The van der Waals surface area contributed by atoms with Gasteiger partial charge in [-0.2, -0.15) is 0 Å². The number of rotatable bonds is 7. The van der Waals surface area contributed by atoms with Crippen LogP contribution >= 0.6 is 11.6 Å². The summed E-state index contributed by atoms with van der Waals surface area (Å²) in [6.07, 6.45) is 4.36. The minimum absolute atomic E-state index is 0.125. The van der Waals surface area contributed by atoms with E-state index in [4.69, 9.17) is 11.6 Å². The van der Waals surface area contributed by atoms with Gasteiger partial charge in [0.1, 0.15) is 6.54 Å². The highest BCUT2D eigenvalue weighted by atomic mass is 35.5. The lowest BCUT2D eigenvalue weighted by molar-refractivity contribution is -0.885. The van der Waals surface area contributed by atoms with Gasteiger partial charge >= 0.3 is 0 Å². The SMILES string of the molecule is C[NH+](CC(=O)Nc1ccccc1C(=O)NC1CCCC1)Cc1ccccc1Cl. The molecule has 0 aliphatic heterocycles. The molecule has 0 radical (unpaired) electrons. The second kappa shape index (κ2) is 9.71. The molecule has 148 valence electrons. The summed E-state index contributed by atoms with van der Waals surface area (Å²) in [5.74, 6) is -0.259. The zero-order valence-corrected chi connectivity index (χ0v) is 16.9. The van der Waals surface area contributed by atoms with Crippen LogP contribution < -0.4 is 15.5 Å². The molecule has 2 aromatic rings. The molecule has 2 aromatic carbocycles. The summed E-state index contributed by atoms with van der Waals surface area (Å²) in [5.41, 5.74) is 2.06. The third kappa shape index (κ3) is 5.57. The molecular formula is C22H27ClN3O2+. The quantitative estimate of drug-likeness (QED) is 0.669. The number of hydrogen-bond acceptors (Lipinski definition) is 2. The fourth-order valence-corrected chi connectivity index (χ4v) is 3.82. The van der Waals surface area contributed by atoms with Crippen LogP contribution in [0.25, 0.3) is 0 Å². The Morgan fingerprint density at radius 3 is 2.50 bits per heavy atom. The Labute approximate surface area is 171 Å². The van der Waals surface area contributed by atoms with Crippen molar-refractivity contribution in [3.8, 4) is 0 Å². The standard InChI is InChI=1S/C22H26ClN3O2/c1-26(14-16-8-2-6-12-19(16)23)15-21(27)25-20-13-7-5-11-18(20)22(28)24-17-9-3-4-10-17/h2,5-8,11-13,17H,3-4,9-10,14-15H2,1H3,(H,24,28)(H,25,27)/p+1. The van der Waals surface area contributed by atoms with E-state index < -0.39 is 0 Å². The molecule has 5 nitrogen and oxygen atoms in total. The molecule has 1 aliphatic rings. The van der Waals surface area contributed by atoms with Gasteiger partial charge in [0.25, 0.3) is 11.8 Å². The Hall–Kier alpha value is -2.37. The molecule has 0 bridgehead atoms. The fourth-order valence-electron chi connectivity index (χ4n) is 3.62. The molecule has 0 heterocycles. The van der Waals surface area contributed by atoms with E-state index in [-0.39, 0.29) is 24.4 Å². The Morgan fingerprint density at radius 2 is 1.75 bits per heavy atom. The Bertz CT molecular complexity index is 834. The number of amides is 2. The van der Waals surface area contributed by atoms with Crippen LogP contribution in [0.1, 0.15) is 41.6 Å². The van der Waals surface area contributed by atoms with Crippen molar-refractivity contribution in [2.75, 3.05) is 18.9 Å². The van der Waals surface area contributed by atoms with Crippen LogP contribution in [-0.2, 0) is 11.3 Å². The van der Waals surface area contributed by atoms with Crippen LogP contribution in [0, 0.1) is 0 Å². The topological polar surface area (TPSA) is 62.6 Å². The van der Waals surface area contributed by atoms with Crippen LogP contribution in [0.5, 0.6) is 0 Å². The average molecular weight is 401 g/mol. The number of quaternary nitrogens is 1. The van der Waals surface area contributed by atoms with E-state index in [1.165, 1.54) is 0 Å². The molecule has 3 N–H and O–H groups in total. The number of para-hydroxylation sites is 1. The van der Waals surface area contributed by atoms with E-state index in [1.807, 2.05) is 43.4 Å². The van der Waals surface area contributed by atoms with Crippen molar-refractivity contribution in [1.82, 2.24) is 5.32 Å². The number of halogens is 1. The van der Waals surface area contributed by atoms with E-state index in [1.54, 1.807) is 12.1 Å². The third-order valence-electron chi connectivity index (χ3n) is 5.05. The molecule has 0 spiro atoms. The predicted molar refractivity (Wildman–Crippen MR) is 112 cm³/mol. The molecular weight excluding hydrogens is 374 g/mol. The number of benzene rings is 2. The lowest BCUT2D eigenvalue weighted by Crippen LogP contribution is -3.08. The molecule has 0 aromatic heterocycles. The number of likely N-dealkylation sites (N-methyl/N-ethyl adjacent to an activating group) is 1. The van der Waals surface area contributed by atoms with E-state index >= 15 is 0 Å². The first-order chi connectivity index (χ1) is 13.5. The second-order valence-electron chi connectivity index (χ2n) is 7.45. The smallest absolute Gasteiger partial charge is 0.279 e. The summed E-state index contributed by atoms with van der Waals surface area (Å²) in [7, 11) is 1.95. The van der Waals surface area contributed by atoms with Crippen molar-refractivity contribution in [2.24, 2.45) is 0 Å². The highest BCUT2D eigenvalue weighted by molar-refractivity contribution is 6.31. The van der Waals surface area contributed by atoms with Gasteiger partial charge in [0, 0.05) is 16.6 Å². The molecule has 1 fully saturated rings. The van der Waals surface area contributed by atoms with Crippen molar-refractivity contribution in [3.63, 3.8) is 0 Å². The molecule has 1 saturated carbocycles. The molecule has 1 unspecified atom stereocenters. The number of nitrogens with one attached hydrogen (secondary N) is 3. The van der Waals surface area contributed by atoms with Crippen LogP contribution in [0.4, 0.5) is 5.69 Å². The summed E-state index contributed by atoms with van der Waals surface area (Å²) in [5, 5.41) is 6.68. The maximum atomic E-state index is 12.6. The van der Waals surface area contributed by atoms with Gasteiger partial charge in [-0.1, -0.05) is 54.8 Å². The van der Waals surface area contributed by atoms with Crippen molar-refractivity contribution < 1.29 is 14.5 Å². The maximum absolute atomic E-state index is 12.6. The molecule has 1 aliphatic carbocycles. The molecule has 3 rings (SSSR count). The molecule has 28 heavy (non-hydrogen) atoms. The summed E-state index contributed by atoms with van der Waals surface area (Å²) < 4.78 is 0. The van der Waals surface area contributed by atoms with Gasteiger partial charge in [0.2, 0.25) is 0 Å². The van der Waals surface area contributed by atoms with Crippen LogP contribution in [0.2, 0.25) is 5.02 Å². The van der Waals surface area contributed by atoms with E-state index in [0.29, 0.717) is 22.8 Å². The minimum Gasteiger partial charge on any atom is -0.349 e. The number of hydrogen-bond donors (Lipinski definition) is 3. The maximum Gasteiger partial charge on any atom is 0.279 e. The summed E-state index contributed by atoms with van der Waals surface area (Å²) in [6.45, 7) is 0.931. The lowest BCUT2D eigenvalue weighted by Gasteiger charge is -2.17. The normalized spacial score (nSPS) is 15.2. The van der Waals surface area contributed by atoms with Gasteiger partial charge < -0.3 is 15.5 Å². The zero-order valence-electron chi connectivity index (χ0n) is 16.1. The monoisotopic (exact) mass is 400 g/mol. The molecule has 2 amide bonds. The first-order valence-electron chi connectivity index (χ1n) is 9.77. The Morgan fingerprint density at radius 1 is 1.07 bits per heavy atom. The molecule has 0 saturated heterocycles. The first-order valence-corrected chi connectivity index (χ1v) is 10.1. The molecule has 6 heteroatoms. The summed E-state index contributed by atoms with van der Waals surface area (Å²) >= 11 is 6.20. The lowest BCUT2D eigenvalue weighted by atomic mass is 10.1. The van der Waals surface area contributed by atoms with Gasteiger partial charge in [0.15, 0.2) is 6.54 Å². The highest BCUT2D eigenvalue weighted by Gasteiger charge is 2.20. The first kappa shape index (κ1) is 20.4. The summed E-state index contributed by atoms with van der Waals surface area (Å²) in [4.78, 5) is 26.2. The van der Waals surface area contributed by atoms with E-state index in [0.717, 1.165) is 36.1 Å². The molecule has 1 atom stereocenters. The number of carbonyl (C=O) groups is 2. The van der Waals surface area contributed by atoms with Crippen molar-refractivity contribution in [3.05, 3.63) is 64.7 Å². The van der Waals surface area contributed by atoms with Gasteiger partial charge in [-0.3, -0.25) is 9.59 Å². The van der Waals surface area contributed by atoms with Crippen molar-refractivity contribution in [2.45, 2.75) is 38.3 Å². The Balaban J connectivity index is 1.59. The van der Waals surface area contributed by atoms with Crippen molar-refractivity contribution >= 4 is 29.1 Å². The van der Waals surface area contributed by atoms with Gasteiger partial charge in [-0.05, 0) is 31.0 Å². The fraction of sp³-hybridized carbons (Fsp3) is 0.364. The van der Waals surface area contributed by atoms with Gasteiger partial charge in [0.05, 0.1) is 18.3 Å². The van der Waals surface area contributed by atoms with E-state index in [2.05, 4.69) is 10.6 Å². The van der Waals surface area contributed by atoms with Crippen LogP contribution in [-0.4, -0.2) is 31.4 Å². The third-order valence-corrected chi connectivity index (χ3v) is 5.42. The predicted octanol–water partition coefficient (Wildman–Crippen LogP) is 2.67. The number of carbonyl (C=O) groups excluding carboxylic acids is 2. The van der Waals surface area contributed by atoms with Gasteiger partial charge in [-0.15, -0.1) is 0 Å². The second-order valence-corrected chi connectivity index (χ2v) is 7.86. The van der Waals surface area contributed by atoms with Crippen molar-refractivity contribution in [1.29, 1.82) is 0 Å². The summed E-state index contributed by atoms with van der Waals surface area (Å²) in [6, 6.07) is 15.0. The van der Waals surface area contributed by atoms with Crippen LogP contribution in [0.15, 0.2) is 48.5 Å². The average Bonchev–Trinajstić information content (AvgIpc) is 3.17. The minimum atomic E-state index is -0.134. The van der Waals surface area contributed by atoms with Crippen LogP contribution in [0.3, 0.4) is 0 Å². The largest absolute Gasteiger partial charge is 0.349 e. The zero-order chi connectivity index (χ0) is 19.9. The highest BCUT2D eigenvalue weighted by Crippen LogP contribution is 2.20. The van der Waals surface area contributed by atoms with Gasteiger partial charge in [-0.25, -0.2) is 0 Å². The number of anilines is 1.